The van der Waals surface area contributed by atoms with E-state index in [0.717, 1.165) is 35.6 Å². The molecular formula is C23H25BrCl2N4O2. The monoisotopic (exact) mass is 538 g/mol. The van der Waals surface area contributed by atoms with E-state index < -0.39 is 0 Å². The predicted octanol–water partition coefficient (Wildman–Crippen LogP) is 5.83. The zero-order chi connectivity index (χ0) is 20.8. The van der Waals surface area contributed by atoms with Crippen molar-refractivity contribution in [2.45, 2.75) is 6.54 Å². The van der Waals surface area contributed by atoms with Crippen molar-refractivity contribution in [3.8, 4) is 11.5 Å². The van der Waals surface area contributed by atoms with Crippen molar-refractivity contribution in [2.75, 3.05) is 31.5 Å². The number of hydrogen-bond donors (Lipinski definition) is 1. The van der Waals surface area contributed by atoms with E-state index in [1.807, 2.05) is 53.4 Å². The van der Waals surface area contributed by atoms with Crippen LogP contribution in [0.1, 0.15) is 5.56 Å². The van der Waals surface area contributed by atoms with Gasteiger partial charge < -0.3 is 15.0 Å². The highest BCUT2D eigenvalue weighted by molar-refractivity contribution is 9.10. The standard InChI is InChI=1S/C23H23BrN4O2.2ClH/c24-19-6-8-21(9-7-19)30-22-5-1-3-18(15-22)17-27-11-13-28(14-12-27)23(29)26-20-4-2-10-25-16-20;;/h1-10,15-16H,11-14,17H2,(H,26,29);2*1H. The fourth-order valence-corrected chi connectivity index (χ4v) is 3.62. The van der Waals surface area contributed by atoms with Gasteiger partial charge in [0.05, 0.1) is 11.9 Å². The minimum absolute atomic E-state index is 0. The van der Waals surface area contributed by atoms with Gasteiger partial charge in [0, 0.05) is 43.4 Å². The predicted molar refractivity (Wildman–Crippen MR) is 135 cm³/mol. The summed E-state index contributed by atoms with van der Waals surface area (Å²) in [5.41, 5.74) is 1.91. The Morgan fingerprint density at radius 1 is 0.969 bits per heavy atom. The molecule has 1 N–H and O–H groups in total. The van der Waals surface area contributed by atoms with Gasteiger partial charge in [-0.3, -0.25) is 9.88 Å². The van der Waals surface area contributed by atoms with Crippen LogP contribution in [0.25, 0.3) is 0 Å². The third-order valence-corrected chi connectivity index (χ3v) is 5.45. The molecule has 2 amide bonds. The van der Waals surface area contributed by atoms with Gasteiger partial charge >= 0.3 is 6.03 Å². The van der Waals surface area contributed by atoms with Crippen molar-refractivity contribution in [1.29, 1.82) is 0 Å². The van der Waals surface area contributed by atoms with Crippen LogP contribution in [0.3, 0.4) is 0 Å². The molecule has 1 saturated heterocycles. The molecule has 0 unspecified atom stereocenters. The normalized spacial score (nSPS) is 13.5. The van der Waals surface area contributed by atoms with Crippen LogP contribution < -0.4 is 10.1 Å². The molecule has 0 spiro atoms. The average molecular weight is 540 g/mol. The Labute approximate surface area is 208 Å². The van der Waals surface area contributed by atoms with Crippen molar-refractivity contribution in [1.82, 2.24) is 14.8 Å². The third-order valence-electron chi connectivity index (χ3n) is 4.93. The van der Waals surface area contributed by atoms with Crippen LogP contribution in [0, 0.1) is 0 Å². The largest absolute Gasteiger partial charge is 0.457 e. The summed E-state index contributed by atoms with van der Waals surface area (Å²) in [6, 6.07) is 19.5. The van der Waals surface area contributed by atoms with E-state index in [0.29, 0.717) is 18.8 Å². The summed E-state index contributed by atoms with van der Waals surface area (Å²) in [5.74, 6) is 1.63. The Morgan fingerprint density at radius 2 is 1.72 bits per heavy atom. The molecule has 2 heterocycles. The van der Waals surface area contributed by atoms with Gasteiger partial charge in [-0.15, -0.1) is 24.8 Å². The topological polar surface area (TPSA) is 57.7 Å². The Bertz CT molecular complexity index is 985. The molecule has 3 aromatic rings. The Kier molecular flexibility index (Phi) is 10.3. The minimum Gasteiger partial charge on any atom is -0.457 e. The fraction of sp³-hybridized carbons (Fsp3) is 0.217. The van der Waals surface area contributed by atoms with Crippen LogP contribution in [-0.4, -0.2) is 47.0 Å². The van der Waals surface area contributed by atoms with E-state index in [2.05, 4.69) is 43.3 Å². The molecule has 0 aliphatic carbocycles. The van der Waals surface area contributed by atoms with Crippen LogP contribution in [0.5, 0.6) is 11.5 Å². The number of halogens is 3. The van der Waals surface area contributed by atoms with Crippen molar-refractivity contribution < 1.29 is 9.53 Å². The molecule has 0 radical (unpaired) electrons. The lowest BCUT2D eigenvalue weighted by molar-refractivity contribution is 0.143. The fourth-order valence-electron chi connectivity index (χ4n) is 3.35. The first-order chi connectivity index (χ1) is 14.7. The maximum atomic E-state index is 12.4. The smallest absolute Gasteiger partial charge is 0.321 e. The van der Waals surface area contributed by atoms with Gasteiger partial charge in [0.25, 0.3) is 0 Å². The summed E-state index contributed by atoms with van der Waals surface area (Å²) >= 11 is 3.43. The minimum atomic E-state index is -0.0763. The molecule has 0 bridgehead atoms. The number of amides is 2. The first-order valence-electron chi connectivity index (χ1n) is 9.86. The van der Waals surface area contributed by atoms with Crippen molar-refractivity contribution >= 4 is 52.5 Å². The number of rotatable bonds is 5. The number of nitrogens with one attached hydrogen (secondary N) is 1. The number of carbonyl (C=O) groups is 1. The Hall–Kier alpha value is -2.32. The van der Waals surface area contributed by atoms with E-state index >= 15 is 0 Å². The first kappa shape index (κ1) is 25.9. The number of benzene rings is 2. The summed E-state index contributed by atoms with van der Waals surface area (Å²) in [5, 5.41) is 2.90. The lowest BCUT2D eigenvalue weighted by Gasteiger charge is -2.34. The van der Waals surface area contributed by atoms with Gasteiger partial charge in [0.2, 0.25) is 0 Å². The number of pyridine rings is 1. The second-order valence-electron chi connectivity index (χ2n) is 7.14. The average Bonchev–Trinajstić information content (AvgIpc) is 2.77. The van der Waals surface area contributed by atoms with Crippen LogP contribution in [0.2, 0.25) is 0 Å². The summed E-state index contributed by atoms with van der Waals surface area (Å²) in [6.45, 7) is 3.88. The van der Waals surface area contributed by atoms with Crippen LogP contribution in [-0.2, 0) is 6.54 Å². The molecule has 32 heavy (non-hydrogen) atoms. The van der Waals surface area contributed by atoms with Gasteiger partial charge in [-0.25, -0.2) is 4.79 Å². The molecule has 0 saturated carbocycles. The van der Waals surface area contributed by atoms with Gasteiger partial charge in [-0.05, 0) is 54.1 Å². The first-order valence-corrected chi connectivity index (χ1v) is 10.7. The van der Waals surface area contributed by atoms with Crippen molar-refractivity contribution in [3.05, 3.63) is 83.1 Å². The van der Waals surface area contributed by atoms with E-state index in [1.165, 1.54) is 5.56 Å². The Balaban J connectivity index is 0.00000181. The zero-order valence-electron chi connectivity index (χ0n) is 17.3. The summed E-state index contributed by atoms with van der Waals surface area (Å²) < 4.78 is 6.99. The van der Waals surface area contributed by atoms with E-state index in [-0.39, 0.29) is 30.8 Å². The molecule has 1 aromatic heterocycles. The van der Waals surface area contributed by atoms with Gasteiger partial charge in [-0.1, -0.05) is 28.1 Å². The number of anilines is 1. The second-order valence-corrected chi connectivity index (χ2v) is 8.05. The van der Waals surface area contributed by atoms with Gasteiger partial charge in [-0.2, -0.15) is 0 Å². The van der Waals surface area contributed by atoms with Gasteiger partial charge in [0.15, 0.2) is 0 Å². The van der Waals surface area contributed by atoms with Crippen LogP contribution in [0.4, 0.5) is 10.5 Å². The number of ether oxygens (including phenoxy) is 1. The molecule has 2 aromatic carbocycles. The summed E-state index contributed by atoms with van der Waals surface area (Å²) in [6.07, 6.45) is 3.34. The second kappa shape index (κ2) is 12.6. The molecule has 6 nitrogen and oxygen atoms in total. The molecule has 170 valence electrons. The van der Waals surface area contributed by atoms with E-state index in [9.17, 15) is 4.79 Å². The molecule has 1 fully saturated rings. The molecular weight excluding hydrogens is 515 g/mol. The molecule has 4 rings (SSSR count). The highest BCUT2D eigenvalue weighted by Gasteiger charge is 2.21. The van der Waals surface area contributed by atoms with E-state index in [4.69, 9.17) is 4.74 Å². The van der Waals surface area contributed by atoms with E-state index in [1.54, 1.807) is 12.4 Å². The molecule has 9 heteroatoms. The number of hydrogen-bond acceptors (Lipinski definition) is 4. The number of aromatic nitrogens is 1. The lowest BCUT2D eigenvalue weighted by atomic mass is 10.2. The highest BCUT2D eigenvalue weighted by Crippen LogP contribution is 2.24. The SMILES string of the molecule is Cl.Cl.O=C(Nc1cccnc1)N1CCN(Cc2cccc(Oc3ccc(Br)cc3)c2)CC1. The number of carbonyl (C=O) groups excluding carboxylic acids is 1. The maximum absolute atomic E-state index is 12.4. The summed E-state index contributed by atoms with van der Waals surface area (Å²) in [4.78, 5) is 20.6. The number of piperazine rings is 1. The lowest BCUT2D eigenvalue weighted by Crippen LogP contribution is -2.49. The third kappa shape index (κ3) is 7.38. The zero-order valence-corrected chi connectivity index (χ0v) is 20.5. The maximum Gasteiger partial charge on any atom is 0.321 e. The molecule has 1 aliphatic heterocycles. The number of nitrogens with zero attached hydrogens (tertiary/aromatic N) is 3. The van der Waals surface area contributed by atoms with Crippen molar-refractivity contribution in [2.24, 2.45) is 0 Å². The molecule has 0 atom stereocenters. The Morgan fingerprint density at radius 3 is 2.41 bits per heavy atom. The quantitative estimate of drug-likeness (QED) is 0.443. The number of urea groups is 1. The van der Waals surface area contributed by atoms with Gasteiger partial charge in [0.1, 0.15) is 11.5 Å². The van der Waals surface area contributed by atoms with Crippen LogP contribution >= 0.6 is 40.7 Å². The van der Waals surface area contributed by atoms with Crippen molar-refractivity contribution in [3.63, 3.8) is 0 Å². The summed E-state index contributed by atoms with van der Waals surface area (Å²) in [7, 11) is 0. The molecule has 1 aliphatic rings. The highest BCUT2D eigenvalue weighted by atomic mass is 79.9. The van der Waals surface area contributed by atoms with Crippen LogP contribution in [0.15, 0.2) is 77.5 Å².